The van der Waals surface area contributed by atoms with Crippen molar-refractivity contribution in [3.8, 4) is 0 Å². The average Bonchev–Trinajstić information content (AvgIpc) is 2.22. The van der Waals surface area contributed by atoms with Crippen LogP contribution in [0.3, 0.4) is 0 Å². The molecule has 0 rings (SSSR count). The van der Waals surface area contributed by atoms with Crippen LogP contribution in [0.4, 0.5) is 0 Å². The molecule has 2 nitrogen and oxygen atoms in total. The van der Waals surface area contributed by atoms with Gasteiger partial charge in [-0.05, 0) is 16.6 Å². The molecule has 0 atom stereocenters. The molecule has 0 unspecified atom stereocenters. The lowest BCUT2D eigenvalue weighted by Gasteiger charge is -2.42. The second-order valence-corrected chi connectivity index (χ2v) is 10.7. The molecule has 100 valence electrons. The smallest absolute Gasteiger partial charge is 0.264 e. The van der Waals surface area contributed by atoms with Gasteiger partial charge in [-0.3, -0.25) is 0 Å². The van der Waals surface area contributed by atoms with E-state index in [0.717, 1.165) is 0 Å². The van der Waals surface area contributed by atoms with Gasteiger partial charge in [-0.25, -0.2) is 0 Å². The molecular weight excluding hydrogens is 228 g/mol. The van der Waals surface area contributed by atoms with Gasteiger partial charge in [0.05, 0.1) is 7.11 Å². The van der Waals surface area contributed by atoms with Gasteiger partial charge in [0.2, 0.25) is 0 Å². The summed E-state index contributed by atoms with van der Waals surface area (Å²) < 4.78 is 11.6. The predicted octanol–water partition coefficient (Wildman–Crippen LogP) is 4.85. The monoisotopic (exact) mass is 256 g/mol. The molecule has 0 N–H and O–H groups in total. The maximum atomic E-state index is 6.32. The minimum absolute atomic E-state index is 0.547. The first-order chi connectivity index (χ1) is 7.82. The SMILES string of the molecule is C=C/C=C(/OC)O[Si](C(C)C)(C(C)C)C(C)C. The third-order valence-electron chi connectivity index (χ3n) is 3.44. The van der Waals surface area contributed by atoms with Gasteiger partial charge in [-0.2, -0.15) is 0 Å². The largest absolute Gasteiger partial charge is 0.518 e. The molecule has 0 aromatic heterocycles. The predicted molar refractivity (Wildman–Crippen MR) is 77.4 cm³/mol. The van der Waals surface area contributed by atoms with E-state index < -0.39 is 8.32 Å². The lowest BCUT2D eigenvalue weighted by molar-refractivity contribution is 0.137. The van der Waals surface area contributed by atoms with Crippen LogP contribution in [0.2, 0.25) is 16.6 Å². The van der Waals surface area contributed by atoms with Crippen molar-refractivity contribution < 1.29 is 9.16 Å². The van der Waals surface area contributed by atoms with Gasteiger partial charge in [0, 0.05) is 6.08 Å². The molecule has 0 saturated heterocycles. The topological polar surface area (TPSA) is 18.5 Å². The fourth-order valence-corrected chi connectivity index (χ4v) is 7.97. The number of rotatable bonds is 7. The number of allylic oxidation sites excluding steroid dienone is 2. The third-order valence-corrected chi connectivity index (χ3v) is 9.41. The molecule has 0 saturated carbocycles. The summed E-state index contributed by atoms with van der Waals surface area (Å²) in [5.74, 6) is 0.600. The van der Waals surface area contributed by atoms with Gasteiger partial charge in [-0.1, -0.05) is 54.2 Å². The molecule has 0 bridgehead atoms. The van der Waals surface area contributed by atoms with Gasteiger partial charge in [-0.15, -0.1) is 0 Å². The number of hydrogen-bond donors (Lipinski definition) is 0. The van der Waals surface area contributed by atoms with E-state index in [1.807, 2.05) is 0 Å². The Morgan fingerprint density at radius 3 is 1.65 bits per heavy atom. The number of hydrogen-bond acceptors (Lipinski definition) is 2. The Balaban J connectivity index is 5.31. The quantitative estimate of drug-likeness (QED) is 0.368. The van der Waals surface area contributed by atoms with Gasteiger partial charge in [0.1, 0.15) is 0 Å². The van der Waals surface area contributed by atoms with Crippen molar-refractivity contribution in [2.45, 2.75) is 58.2 Å². The average molecular weight is 256 g/mol. The molecule has 0 amide bonds. The van der Waals surface area contributed by atoms with Crippen molar-refractivity contribution in [1.29, 1.82) is 0 Å². The Bertz CT molecular complexity index is 246. The molecule has 0 aromatic rings. The first-order valence-corrected chi connectivity index (χ1v) is 8.52. The van der Waals surface area contributed by atoms with E-state index in [2.05, 4.69) is 48.1 Å². The second-order valence-electron chi connectivity index (χ2n) is 5.35. The first kappa shape index (κ1) is 16.3. The van der Waals surface area contributed by atoms with E-state index >= 15 is 0 Å². The van der Waals surface area contributed by atoms with E-state index in [-0.39, 0.29) is 0 Å². The summed E-state index contributed by atoms with van der Waals surface area (Å²) in [6.45, 7) is 17.2. The summed E-state index contributed by atoms with van der Waals surface area (Å²) in [5, 5.41) is 0. The zero-order valence-electron chi connectivity index (χ0n) is 12.4. The summed E-state index contributed by atoms with van der Waals surface area (Å²) in [6.07, 6.45) is 3.51. The molecule has 0 aromatic carbocycles. The molecule has 0 spiro atoms. The third kappa shape index (κ3) is 3.63. The maximum Gasteiger partial charge on any atom is 0.264 e. The highest BCUT2D eigenvalue weighted by molar-refractivity contribution is 6.77. The van der Waals surface area contributed by atoms with Crippen molar-refractivity contribution in [2.24, 2.45) is 0 Å². The molecule has 0 aliphatic carbocycles. The number of ether oxygens (including phenoxy) is 1. The maximum absolute atomic E-state index is 6.32. The van der Waals surface area contributed by atoms with Crippen LogP contribution in [0, 0.1) is 0 Å². The van der Waals surface area contributed by atoms with Gasteiger partial charge < -0.3 is 9.16 Å². The van der Waals surface area contributed by atoms with Crippen LogP contribution in [-0.4, -0.2) is 15.4 Å². The van der Waals surface area contributed by atoms with Crippen molar-refractivity contribution in [2.75, 3.05) is 7.11 Å². The zero-order valence-corrected chi connectivity index (χ0v) is 13.4. The molecule has 0 aliphatic heterocycles. The first-order valence-electron chi connectivity index (χ1n) is 6.38. The second kappa shape index (κ2) is 6.89. The summed E-state index contributed by atoms with van der Waals surface area (Å²) in [7, 11) is -0.242. The Hall–Kier alpha value is -0.703. The van der Waals surface area contributed by atoms with Crippen molar-refractivity contribution >= 4 is 8.32 Å². The zero-order chi connectivity index (χ0) is 13.6. The summed E-state index contributed by atoms with van der Waals surface area (Å²) in [6, 6.07) is 0. The normalized spacial score (nSPS) is 13.4. The molecule has 0 fully saturated rings. The van der Waals surface area contributed by atoms with Gasteiger partial charge >= 0.3 is 0 Å². The van der Waals surface area contributed by atoms with Crippen LogP contribution >= 0.6 is 0 Å². The lowest BCUT2D eigenvalue weighted by Crippen LogP contribution is -2.47. The Labute approximate surface area is 108 Å². The summed E-state index contributed by atoms with van der Waals surface area (Å²) in [5.41, 5.74) is 1.64. The molecule has 0 heterocycles. The number of methoxy groups -OCH3 is 1. The van der Waals surface area contributed by atoms with E-state index in [0.29, 0.717) is 22.6 Å². The van der Waals surface area contributed by atoms with Crippen LogP contribution < -0.4 is 0 Å². The van der Waals surface area contributed by atoms with Crippen LogP contribution in [-0.2, 0) is 9.16 Å². The van der Waals surface area contributed by atoms with Crippen LogP contribution in [0.25, 0.3) is 0 Å². The van der Waals surface area contributed by atoms with Gasteiger partial charge in [0.15, 0.2) is 0 Å². The standard InChI is InChI=1S/C14H28O2Si/c1-9-10-14(15-8)16-17(11(2)3,12(4)5)13(6)7/h9-13H,1H2,2-8H3/b14-10-. The van der Waals surface area contributed by atoms with Crippen molar-refractivity contribution in [3.05, 3.63) is 24.7 Å². The minimum atomic E-state index is -1.89. The van der Waals surface area contributed by atoms with E-state index in [4.69, 9.17) is 9.16 Å². The minimum Gasteiger partial charge on any atom is -0.518 e. The Morgan fingerprint density at radius 1 is 1.00 bits per heavy atom. The summed E-state index contributed by atoms with van der Waals surface area (Å²) in [4.78, 5) is 0. The van der Waals surface area contributed by atoms with Crippen LogP contribution in [0.1, 0.15) is 41.5 Å². The summed E-state index contributed by atoms with van der Waals surface area (Å²) >= 11 is 0. The van der Waals surface area contributed by atoms with E-state index in [1.165, 1.54) is 0 Å². The van der Waals surface area contributed by atoms with Crippen LogP contribution in [0.15, 0.2) is 24.7 Å². The Morgan fingerprint density at radius 2 is 1.41 bits per heavy atom. The van der Waals surface area contributed by atoms with E-state index in [9.17, 15) is 0 Å². The molecule has 0 radical (unpaired) electrons. The fourth-order valence-electron chi connectivity index (χ4n) is 2.77. The Kier molecular flexibility index (Phi) is 6.61. The highest BCUT2D eigenvalue weighted by Crippen LogP contribution is 2.43. The molecular formula is C14H28O2Si. The molecule has 3 heteroatoms. The van der Waals surface area contributed by atoms with Gasteiger partial charge in [0.25, 0.3) is 14.3 Å². The molecule has 0 aliphatic rings. The van der Waals surface area contributed by atoms with Crippen molar-refractivity contribution in [1.82, 2.24) is 0 Å². The fraction of sp³-hybridized carbons (Fsp3) is 0.714. The highest BCUT2D eigenvalue weighted by Gasteiger charge is 2.47. The van der Waals surface area contributed by atoms with Crippen LogP contribution in [0.5, 0.6) is 0 Å². The molecule has 17 heavy (non-hydrogen) atoms. The lowest BCUT2D eigenvalue weighted by atomic mass is 10.5. The van der Waals surface area contributed by atoms with Crippen molar-refractivity contribution in [3.63, 3.8) is 0 Å². The van der Waals surface area contributed by atoms with E-state index in [1.54, 1.807) is 19.3 Å². The highest BCUT2D eigenvalue weighted by atomic mass is 28.4.